The fraction of sp³-hybridized carbons (Fsp3) is 0.286. The Morgan fingerprint density at radius 1 is 1.32 bits per heavy atom. The SMILES string of the molecule is CCCSc1nnc(NC(=O)COc2ccc(-n3cnnn3)cc2)s1. The van der Waals surface area contributed by atoms with Crippen LogP contribution in [0.4, 0.5) is 5.13 Å². The minimum atomic E-state index is -0.284. The fourth-order valence-electron chi connectivity index (χ4n) is 1.79. The molecule has 0 radical (unpaired) electrons. The third-order valence-electron chi connectivity index (χ3n) is 2.90. The summed E-state index contributed by atoms with van der Waals surface area (Å²) in [5.74, 6) is 1.27. The quantitative estimate of drug-likeness (QED) is 0.469. The number of anilines is 1. The van der Waals surface area contributed by atoms with E-state index in [-0.39, 0.29) is 12.5 Å². The molecular formula is C14H15N7O2S2. The second-order valence-corrected chi connectivity index (χ2v) is 7.13. The lowest BCUT2D eigenvalue weighted by atomic mass is 10.3. The molecule has 2 aromatic heterocycles. The van der Waals surface area contributed by atoms with Gasteiger partial charge < -0.3 is 4.74 Å². The summed E-state index contributed by atoms with van der Waals surface area (Å²) in [5.41, 5.74) is 0.799. The molecule has 0 saturated carbocycles. The number of carbonyl (C=O) groups excluding carboxylic acids is 1. The van der Waals surface area contributed by atoms with Gasteiger partial charge in [-0.05, 0) is 41.1 Å². The summed E-state index contributed by atoms with van der Waals surface area (Å²) in [6.07, 6.45) is 2.56. The molecule has 0 fully saturated rings. The topological polar surface area (TPSA) is 108 Å². The first-order chi connectivity index (χ1) is 12.2. The van der Waals surface area contributed by atoms with Crippen LogP contribution < -0.4 is 10.1 Å². The van der Waals surface area contributed by atoms with Crippen LogP contribution >= 0.6 is 23.1 Å². The molecule has 11 heteroatoms. The summed E-state index contributed by atoms with van der Waals surface area (Å²) < 4.78 is 7.83. The number of thioether (sulfide) groups is 1. The van der Waals surface area contributed by atoms with Crippen LogP contribution in [0.1, 0.15) is 13.3 Å². The Kier molecular flexibility index (Phi) is 5.90. The zero-order valence-electron chi connectivity index (χ0n) is 13.3. The Balaban J connectivity index is 1.48. The summed E-state index contributed by atoms with van der Waals surface area (Å²) in [4.78, 5) is 11.9. The largest absolute Gasteiger partial charge is 0.484 e. The monoisotopic (exact) mass is 377 g/mol. The van der Waals surface area contributed by atoms with E-state index in [1.165, 1.54) is 22.3 Å². The highest BCUT2D eigenvalue weighted by atomic mass is 32.2. The number of nitrogens with one attached hydrogen (secondary N) is 1. The summed E-state index contributed by atoms with van der Waals surface area (Å²) in [6, 6.07) is 7.08. The maximum Gasteiger partial charge on any atom is 0.264 e. The second kappa shape index (κ2) is 8.53. The lowest BCUT2D eigenvalue weighted by Crippen LogP contribution is -2.20. The van der Waals surface area contributed by atoms with Crippen molar-refractivity contribution in [2.24, 2.45) is 0 Å². The molecule has 0 saturated heterocycles. The molecule has 2 heterocycles. The molecule has 0 aliphatic carbocycles. The normalized spacial score (nSPS) is 10.6. The van der Waals surface area contributed by atoms with E-state index in [4.69, 9.17) is 4.74 Å². The summed E-state index contributed by atoms with van der Waals surface area (Å²) in [5, 5.41) is 22.1. The molecule has 0 unspecified atom stereocenters. The van der Waals surface area contributed by atoms with Crippen molar-refractivity contribution in [3.05, 3.63) is 30.6 Å². The van der Waals surface area contributed by atoms with Crippen LogP contribution in [-0.2, 0) is 4.79 Å². The molecule has 0 aliphatic heterocycles. The van der Waals surface area contributed by atoms with E-state index in [0.717, 1.165) is 22.2 Å². The minimum absolute atomic E-state index is 0.110. The zero-order chi connectivity index (χ0) is 17.5. The van der Waals surface area contributed by atoms with Crippen LogP contribution in [-0.4, -0.2) is 48.7 Å². The highest BCUT2D eigenvalue weighted by molar-refractivity contribution is 8.01. The van der Waals surface area contributed by atoms with Crippen LogP contribution in [0.5, 0.6) is 5.75 Å². The Labute approximate surface area is 151 Å². The number of rotatable bonds is 8. The van der Waals surface area contributed by atoms with Gasteiger partial charge in [-0.1, -0.05) is 30.0 Å². The lowest BCUT2D eigenvalue weighted by Gasteiger charge is -2.06. The van der Waals surface area contributed by atoms with Gasteiger partial charge in [0, 0.05) is 5.75 Å². The first-order valence-electron chi connectivity index (χ1n) is 7.47. The summed E-state index contributed by atoms with van der Waals surface area (Å²) in [7, 11) is 0. The molecule has 9 nitrogen and oxygen atoms in total. The van der Waals surface area contributed by atoms with E-state index in [0.29, 0.717) is 10.9 Å². The Morgan fingerprint density at radius 3 is 2.88 bits per heavy atom. The van der Waals surface area contributed by atoms with Gasteiger partial charge in [-0.15, -0.1) is 15.3 Å². The van der Waals surface area contributed by atoms with E-state index in [1.54, 1.807) is 36.0 Å². The molecule has 3 aromatic rings. The maximum atomic E-state index is 11.9. The molecule has 1 aromatic carbocycles. The standard InChI is InChI=1S/C14H15N7O2S2/c1-2-7-24-14-18-17-13(25-14)16-12(22)8-23-11-5-3-10(4-6-11)21-9-15-19-20-21/h3-6,9H,2,7-8H2,1H3,(H,16,17,22). The van der Waals surface area contributed by atoms with E-state index in [9.17, 15) is 4.79 Å². The number of ether oxygens (including phenoxy) is 1. The van der Waals surface area contributed by atoms with Crippen LogP contribution in [0.15, 0.2) is 34.9 Å². The van der Waals surface area contributed by atoms with Crippen molar-refractivity contribution >= 4 is 34.1 Å². The number of hydrogen-bond donors (Lipinski definition) is 1. The van der Waals surface area contributed by atoms with Crippen molar-refractivity contribution in [2.45, 2.75) is 17.7 Å². The number of benzene rings is 1. The van der Waals surface area contributed by atoms with Crippen molar-refractivity contribution in [1.82, 2.24) is 30.4 Å². The number of carbonyl (C=O) groups is 1. The predicted molar refractivity (Wildman–Crippen MR) is 94.2 cm³/mol. The third kappa shape index (κ3) is 4.97. The van der Waals surface area contributed by atoms with Gasteiger partial charge in [0.15, 0.2) is 10.9 Å². The first-order valence-corrected chi connectivity index (χ1v) is 9.27. The number of aromatic nitrogens is 6. The van der Waals surface area contributed by atoms with Gasteiger partial charge in [-0.3, -0.25) is 10.1 Å². The molecule has 25 heavy (non-hydrogen) atoms. The van der Waals surface area contributed by atoms with Crippen molar-refractivity contribution in [2.75, 3.05) is 17.7 Å². The number of amides is 1. The molecule has 130 valence electrons. The maximum absolute atomic E-state index is 11.9. The smallest absolute Gasteiger partial charge is 0.264 e. The highest BCUT2D eigenvalue weighted by Crippen LogP contribution is 2.25. The number of tetrazole rings is 1. The molecule has 0 bridgehead atoms. The van der Waals surface area contributed by atoms with E-state index in [2.05, 4.69) is 38.0 Å². The van der Waals surface area contributed by atoms with Gasteiger partial charge in [0.1, 0.15) is 12.1 Å². The number of hydrogen-bond acceptors (Lipinski definition) is 9. The van der Waals surface area contributed by atoms with Crippen molar-refractivity contribution < 1.29 is 9.53 Å². The van der Waals surface area contributed by atoms with Gasteiger partial charge in [-0.2, -0.15) is 0 Å². The average molecular weight is 377 g/mol. The lowest BCUT2D eigenvalue weighted by molar-refractivity contribution is -0.118. The van der Waals surface area contributed by atoms with Crippen LogP contribution in [0, 0.1) is 0 Å². The zero-order valence-corrected chi connectivity index (χ0v) is 15.0. The molecule has 0 spiro atoms. The van der Waals surface area contributed by atoms with Crippen molar-refractivity contribution in [1.29, 1.82) is 0 Å². The van der Waals surface area contributed by atoms with E-state index < -0.39 is 0 Å². The number of nitrogens with zero attached hydrogens (tertiary/aromatic N) is 6. The molecule has 0 atom stereocenters. The van der Waals surface area contributed by atoms with Gasteiger partial charge in [0.2, 0.25) is 5.13 Å². The van der Waals surface area contributed by atoms with Gasteiger partial charge in [-0.25, -0.2) is 4.68 Å². The van der Waals surface area contributed by atoms with E-state index >= 15 is 0 Å². The molecule has 1 amide bonds. The van der Waals surface area contributed by atoms with Crippen molar-refractivity contribution in [3.8, 4) is 11.4 Å². The Bertz CT molecular complexity index is 805. The van der Waals surface area contributed by atoms with Gasteiger partial charge in [0.25, 0.3) is 5.91 Å². The van der Waals surface area contributed by atoms with Crippen LogP contribution in [0.2, 0.25) is 0 Å². The Morgan fingerprint density at radius 2 is 2.16 bits per heavy atom. The molecular weight excluding hydrogens is 362 g/mol. The minimum Gasteiger partial charge on any atom is -0.484 e. The summed E-state index contributed by atoms with van der Waals surface area (Å²) >= 11 is 2.98. The first kappa shape index (κ1) is 17.3. The van der Waals surface area contributed by atoms with E-state index in [1.807, 2.05) is 0 Å². The average Bonchev–Trinajstić information content (AvgIpc) is 3.31. The Hall–Kier alpha value is -2.53. The van der Waals surface area contributed by atoms with Crippen molar-refractivity contribution in [3.63, 3.8) is 0 Å². The third-order valence-corrected chi connectivity index (χ3v) is 5.08. The molecule has 3 rings (SSSR count). The molecule has 1 N–H and O–H groups in total. The van der Waals surface area contributed by atoms with Crippen LogP contribution in [0.3, 0.4) is 0 Å². The fourth-order valence-corrected chi connectivity index (χ4v) is 3.48. The second-order valence-electron chi connectivity index (χ2n) is 4.81. The highest BCUT2D eigenvalue weighted by Gasteiger charge is 2.09. The summed E-state index contributed by atoms with van der Waals surface area (Å²) in [6.45, 7) is 1.99. The van der Waals surface area contributed by atoms with Gasteiger partial charge >= 0.3 is 0 Å². The van der Waals surface area contributed by atoms with Gasteiger partial charge in [0.05, 0.1) is 5.69 Å². The predicted octanol–water partition coefficient (Wildman–Crippen LogP) is 2.03. The van der Waals surface area contributed by atoms with Crippen LogP contribution in [0.25, 0.3) is 5.69 Å². The molecule has 0 aliphatic rings.